The van der Waals surface area contributed by atoms with Crippen LogP contribution in [-0.4, -0.2) is 15.3 Å². The van der Waals surface area contributed by atoms with Crippen molar-refractivity contribution in [2.75, 3.05) is 0 Å². The molecule has 0 atom stereocenters. The van der Waals surface area contributed by atoms with Gasteiger partial charge in [0.2, 0.25) is 0 Å². The lowest BCUT2D eigenvalue weighted by atomic mass is 10.2. The smallest absolute Gasteiger partial charge is 0.364 e. The molecule has 0 aliphatic heterocycles. The van der Waals surface area contributed by atoms with E-state index >= 15 is 0 Å². The number of amides is 1. The number of carbonyl (C=O) groups is 1. The maximum Gasteiger partial charge on any atom is 0.417 e. The molecule has 0 aliphatic carbocycles. The molecule has 0 aliphatic rings. The number of hydrogen-bond acceptors (Lipinski definition) is 2. The topological polar surface area (TPSA) is 60.4 Å². The molecule has 2 aromatic heterocycles. The fourth-order valence-electron chi connectivity index (χ4n) is 1.93. The predicted octanol–water partition coefficient (Wildman–Crippen LogP) is 2.40. The maximum absolute atomic E-state index is 12.7. The third-order valence-corrected chi connectivity index (χ3v) is 2.74. The predicted molar refractivity (Wildman–Crippen MR) is 62.7 cm³/mol. The Bertz CT molecular complexity index is 631. The number of aromatic nitrogens is 2. The Hall–Kier alpha value is -2.05. The minimum absolute atomic E-state index is 0.0166. The van der Waals surface area contributed by atoms with Crippen molar-refractivity contribution < 1.29 is 18.0 Å². The largest absolute Gasteiger partial charge is 0.417 e. The van der Waals surface area contributed by atoms with Gasteiger partial charge in [0.15, 0.2) is 0 Å². The first-order chi connectivity index (χ1) is 8.84. The monoisotopic (exact) mass is 271 g/mol. The van der Waals surface area contributed by atoms with Crippen molar-refractivity contribution in [3.8, 4) is 0 Å². The molecule has 19 heavy (non-hydrogen) atoms. The second-order valence-electron chi connectivity index (χ2n) is 4.17. The number of aryl methyl sites for hydroxylation is 1. The first-order valence-electron chi connectivity index (χ1n) is 5.72. The standard InChI is InChI=1S/C12H12F3N3O/c1-2-3-8-10(11(16)19)18-6-7(12(13,14)15)4-5-9(18)17-8/h4-6H,2-3H2,1H3,(H2,16,19). The van der Waals surface area contributed by atoms with Crippen molar-refractivity contribution in [1.29, 1.82) is 0 Å². The molecule has 102 valence electrons. The minimum atomic E-state index is -4.47. The number of nitrogens with zero attached hydrogens (tertiary/aromatic N) is 2. The van der Waals surface area contributed by atoms with Gasteiger partial charge in [-0.25, -0.2) is 4.98 Å². The highest BCUT2D eigenvalue weighted by atomic mass is 19.4. The number of imidazole rings is 1. The van der Waals surface area contributed by atoms with Crippen LogP contribution in [-0.2, 0) is 12.6 Å². The number of rotatable bonds is 3. The van der Waals surface area contributed by atoms with Crippen LogP contribution in [0.1, 0.15) is 35.1 Å². The minimum Gasteiger partial charge on any atom is -0.364 e. The van der Waals surface area contributed by atoms with E-state index in [1.54, 1.807) is 0 Å². The van der Waals surface area contributed by atoms with Crippen LogP contribution in [0.4, 0.5) is 13.2 Å². The van der Waals surface area contributed by atoms with Gasteiger partial charge in [-0.05, 0) is 18.6 Å². The number of pyridine rings is 1. The summed E-state index contributed by atoms with van der Waals surface area (Å²) in [7, 11) is 0. The van der Waals surface area contributed by atoms with Crippen LogP contribution in [0.25, 0.3) is 5.65 Å². The van der Waals surface area contributed by atoms with Crippen molar-refractivity contribution in [1.82, 2.24) is 9.38 Å². The van der Waals surface area contributed by atoms with Gasteiger partial charge < -0.3 is 5.73 Å². The first-order valence-corrected chi connectivity index (χ1v) is 5.72. The van der Waals surface area contributed by atoms with Crippen molar-refractivity contribution in [3.63, 3.8) is 0 Å². The van der Waals surface area contributed by atoms with Gasteiger partial charge in [-0.2, -0.15) is 13.2 Å². The molecule has 0 saturated carbocycles. The number of nitrogens with two attached hydrogens (primary N) is 1. The lowest BCUT2D eigenvalue weighted by Gasteiger charge is -2.07. The summed E-state index contributed by atoms with van der Waals surface area (Å²) in [6.45, 7) is 1.88. The van der Waals surface area contributed by atoms with E-state index in [1.807, 2.05) is 6.92 Å². The summed E-state index contributed by atoms with van der Waals surface area (Å²) in [6.07, 6.45) is -2.42. The molecule has 0 radical (unpaired) electrons. The highest BCUT2D eigenvalue weighted by Crippen LogP contribution is 2.29. The van der Waals surface area contributed by atoms with Crippen molar-refractivity contribution in [2.45, 2.75) is 25.9 Å². The summed E-state index contributed by atoms with van der Waals surface area (Å²) < 4.78 is 39.1. The average molecular weight is 271 g/mol. The molecule has 0 fully saturated rings. The van der Waals surface area contributed by atoms with Crippen LogP contribution in [0.3, 0.4) is 0 Å². The molecule has 7 heteroatoms. The van der Waals surface area contributed by atoms with Crippen LogP contribution in [0, 0.1) is 0 Å². The lowest BCUT2D eigenvalue weighted by Crippen LogP contribution is -2.17. The summed E-state index contributed by atoms with van der Waals surface area (Å²) in [5, 5.41) is 0. The van der Waals surface area contributed by atoms with Gasteiger partial charge in [-0.1, -0.05) is 13.3 Å². The summed E-state index contributed by atoms with van der Waals surface area (Å²) in [4.78, 5) is 15.6. The normalized spacial score (nSPS) is 12.0. The first kappa shape index (κ1) is 13.4. The van der Waals surface area contributed by atoms with Crippen molar-refractivity contribution >= 4 is 11.6 Å². The van der Waals surface area contributed by atoms with E-state index in [4.69, 9.17) is 5.73 Å². The molecule has 0 saturated heterocycles. The lowest BCUT2D eigenvalue weighted by molar-refractivity contribution is -0.137. The van der Waals surface area contributed by atoms with Gasteiger partial charge in [0.25, 0.3) is 5.91 Å². The molecule has 0 bridgehead atoms. The molecule has 2 rings (SSSR count). The number of alkyl halides is 3. The molecular formula is C12H12F3N3O. The van der Waals surface area contributed by atoms with Crippen molar-refractivity contribution in [2.24, 2.45) is 5.73 Å². The molecule has 2 heterocycles. The van der Waals surface area contributed by atoms with Gasteiger partial charge in [0.1, 0.15) is 11.3 Å². The zero-order chi connectivity index (χ0) is 14.2. The van der Waals surface area contributed by atoms with E-state index in [1.165, 1.54) is 6.07 Å². The van der Waals surface area contributed by atoms with Crippen LogP contribution < -0.4 is 5.73 Å². The number of hydrogen-bond donors (Lipinski definition) is 1. The van der Waals surface area contributed by atoms with E-state index in [-0.39, 0.29) is 11.3 Å². The van der Waals surface area contributed by atoms with Gasteiger partial charge >= 0.3 is 6.18 Å². The molecule has 4 nitrogen and oxygen atoms in total. The Kier molecular flexibility index (Phi) is 3.21. The number of fused-ring (bicyclic) bond motifs is 1. The molecule has 0 aromatic carbocycles. The molecular weight excluding hydrogens is 259 g/mol. The summed E-state index contributed by atoms with van der Waals surface area (Å²) >= 11 is 0. The average Bonchev–Trinajstić information content (AvgIpc) is 2.65. The van der Waals surface area contributed by atoms with E-state index in [0.29, 0.717) is 12.1 Å². The number of primary amides is 1. The molecule has 2 N–H and O–H groups in total. The van der Waals surface area contributed by atoms with E-state index in [2.05, 4.69) is 4.98 Å². The van der Waals surface area contributed by atoms with E-state index in [9.17, 15) is 18.0 Å². The molecule has 0 spiro atoms. The third-order valence-electron chi connectivity index (χ3n) is 2.74. The Labute approximate surface area is 107 Å². The fourth-order valence-corrected chi connectivity index (χ4v) is 1.93. The Morgan fingerprint density at radius 2 is 2.11 bits per heavy atom. The molecule has 0 unspecified atom stereocenters. The third kappa shape index (κ3) is 2.40. The summed E-state index contributed by atoms with van der Waals surface area (Å²) in [6, 6.07) is 2.16. The Morgan fingerprint density at radius 1 is 1.42 bits per heavy atom. The summed E-state index contributed by atoms with van der Waals surface area (Å²) in [5.41, 5.74) is 5.11. The second kappa shape index (κ2) is 4.56. The Morgan fingerprint density at radius 3 is 2.63 bits per heavy atom. The zero-order valence-corrected chi connectivity index (χ0v) is 10.2. The number of halogens is 3. The Balaban J connectivity index is 2.69. The van der Waals surface area contributed by atoms with Gasteiger partial charge in [0.05, 0.1) is 11.3 Å². The second-order valence-corrected chi connectivity index (χ2v) is 4.17. The van der Waals surface area contributed by atoms with Crippen molar-refractivity contribution in [3.05, 3.63) is 35.3 Å². The van der Waals surface area contributed by atoms with Gasteiger partial charge in [0, 0.05) is 6.20 Å². The van der Waals surface area contributed by atoms with Crippen LogP contribution in [0.2, 0.25) is 0 Å². The van der Waals surface area contributed by atoms with Crippen LogP contribution >= 0.6 is 0 Å². The molecule has 1 amide bonds. The number of carbonyl (C=O) groups excluding carboxylic acids is 1. The SMILES string of the molecule is CCCc1nc2ccc(C(F)(F)F)cn2c1C(N)=O. The fraction of sp³-hybridized carbons (Fsp3) is 0.333. The summed E-state index contributed by atoms with van der Waals surface area (Å²) in [5.74, 6) is -0.782. The van der Waals surface area contributed by atoms with Crippen LogP contribution in [0.5, 0.6) is 0 Å². The van der Waals surface area contributed by atoms with Crippen LogP contribution in [0.15, 0.2) is 18.3 Å². The van der Waals surface area contributed by atoms with E-state index < -0.39 is 17.6 Å². The highest BCUT2D eigenvalue weighted by Gasteiger charge is 2.31. The molecule has 2 aromatic rings. The van der Waals surface area contributed by atoms with E-state index in [0.717, 1.165) is 23.1 Å². The van der Waals surface area contributed by atoms with Gasteiger partial charge in [-0.15, -0.1) is 0 Å². The zero-order valence-electron chi connectivity index (χ0n) is 10.2. The maximum atomic E-state index is 12.7. The highest BCUT2D eigenvalue weighted by molar-refractivity contribution is 5.93. The quantitative estimate of drug-likeness (QED) is 0.931. The van der Waals surface area contributed by atoms with Gasteiger partial charge in [-0.3, -0.25) is 9.20 Å².